The number of nitrogens with zero attached hydrogens (tertiary/aromatic N) is 5. The molecule has 2 aromatic heterocycles. The number of rotatable bonds is 9. The highest BCUT2D eigenvalue weighted by Crippen LogP contribution is 2.42. The molecule has 3 aromatic rings. The summed E-state index contributed by atoms with van der Waals surface area (Å²) < 4.78 is 37.0. The van der Waals surface area contributed by atoms with Crippen LogP contribution in [-0.2, 0) is 0 Å². The Morgan fingerprint density at radius 1 is 1.20 bits per heavy atom. The molecule has 2 saturated heterocycles. The molecule has 7 nitrogen and oxygen atoms in total. The molecule has 220 valence electrons. The third-order valence-electron chi connectivity index (χ3n) is 9.60. The smallest absolute Gasteiger partial charge is 0.319 e. The highest BCUT2D eigenvalue weighted by molar-refractivity contribution is 6.31. The first-order valence-electron chi connectivity index (χ1n) is 14.7. The average Bonchev–Trinajstić information content (AvgIpc) is 3.42. The molecule has 1 aliphatic carbocycles. The summed E-state index contributed by atoms with van der Waals surface area (Å²) >= 11 is 6.54. The van der Waals surface area contributed by atoms with Crippen LogP contribution < -0.4 is 10.1 Å². The molecule has 0 radical (unpaired) electrons. The number of anilines is 1. The number of hydrogen-bond acceptors (Lipinski definition) is 7. The summed E-state index contributed by atoms with van der Waals surface area (Å²) in [7, 11) is 4.18. The maximum Gasteiger partial charge on any atom is 0.319 e. The number of ether oxygens (including phenoxy) is 1. The minimum absolute atomic E-state index is 0.0143. The number of fused-ring (bicyclic) bond motifs is 2. The maximum atomic E-state index is 16.4. The lowest BCUT2D eigenvalue weighted by atomic mass is 9.75. The number of nitrogens with one attached hydrogen (secondary N) is 1. The topological polar surface area (TPSA) is 66.4 Å². The van der Waals surface area contributed by atoms with Gasteiger partial charge >= 0.3 is 6.01 Å². The van der Waals surface area contributed by atoms with Crippen molar-refractivity contribution in [3.8, 4) is 17.3 Å². The lowest BCUT2D eigenvalue weighted by Crippen LogP contribution is -2.54. The van der Waals surface area contributed by atoms with Gasteiger partial charge < -0.3 is 15.0 Å². The molecular formula is C31H39ClF2N6O. The molecule has 4 heterocycles. The zero-order valence-corrected chi connectivity index (χ0v) is 25.1. The van der Waals surface area contributed by atoms with E-state index in [9.17, 15) is 4.39 Å². The van der Waals surface area contributed by atoms with Crippen LogP contribution in [0, 0.1) is 5.82 Å². The number of aromatic nitrogens is 3. The van der Waals surface area contributed by atoms with E-state index in [-0.39, 0.29) is 40.8 Å². The van der Waals surface area contributed by atoms with Gasteiger partial charge in [0.1, 0.15) is 29.8 Å². The second-order valence-electron chi connectivity index (χ2n) is 12.6. The third-order valence-corrected chi connectivity index (χ3v) is 9.93. The SMILES string of the molecule is CC(C)c1c(Cl)cccc1-c1ncc2c(NCC3(N(C)C)CCC3)nc(OCC34CCCN3C[C@H](F)C4)nc2c1F. The molecular weight excluding hydrogens is 546 g/mol. The van der Waals surface area contributed by atoms with E-state index < -0.39 is 12.0 Å². The monoisotopic (exact) mass is 584 g/mol. The fraction of sp³-hybridized carbons (Fsp3) is 0.581. The second-order valence-corrected chi connectivity index (χ2v) is 13.0. The summed E-state index contributed by atoms with van der Waals surface area (Å²) in [5, 5.41) is 4.55. The Hall–Kier alpha value is -2.62. The molecule has 41 heavy (non-hydrogen) atoms. The number of alkyl halides is 1. The van der Waals surface area contributed by atoms with Gasteiger partial charge in [-0.3, -0.25) is 9.88 Å². The van der Waals surface area contributed by atoms with Crippen LogP contribution in [0.15, 0.2) is 24.4 Å². The van der Waals surface area contributed by atoms with E-state index in [4.69, 9.17) is 21.3 Å². The van der Waals surface area contributed by atoms with E-state index in [1.165, 1.54) is 6.42 Å². The Balaban J connectivity index is 1.40. The van der Waals surface area contributed by atoms with Crippen molar-refractivity contribution in [2.75, 3.05) is 45.7 Å². The van der Waals surface area contributed by atoms with Crippen molar-refractivity contribution >= 4 is 28.3 Å². The first kappa shape index (κ1) is 28.5. The van der Waals surface area contributed by atoms with Crippen LogP contribution >= 0.6 is 11.6 Å². The largest absolute Gasteiger partial charge is 0.461 e. The summed E-state index contributed by atoms with van der Waals surface area (Å²) in [4.78, 5) is 18.3. The highest BCUT2D eigenvalue weighted by Gasteiger charge is 2.49. The number of pyridine rings is 1. The molecule has 3 aliphatic rings. The Morgan fingerprint density at radius 3 is 2.71 bits per heavy atom. The predicted octanol–water partition coefficient (Wildman–Crippen LogP) is 6.46. The molecule has 3 fully saturated rings. The van der Waals surface area contributed by atoms with Crippen LogP contribution in [0.3, 0.4) is 0 Å². The van der Waals surface area contributed by atoms with Gasteiger partial charge in [-0.2, -0.15) is 9.97 Å². The van der Waals surface area contributed by atoms with Crippen LogP contribution in [-0.4, -0.2) is 82.3 Å². The van der Waals surface area contributed by atoms with E-state index in [1.807, 2.05) is 32.0 Å². The first-order valence-corrected chi connectivity index (χ1v) is 15.1. The molecule has 6 rings (SSSR count). The van der Waals surface area contributed by atoms with E-state index in [1.54, 1.807) is 6.20 Å². The number of halogens is 3. The van der Waals surface area contributed by atoms with Gasteiger partial charge in [0.25, 0.3) is 0 Å². The Labute approximate surface area is 245 Å². The van der Waals surface area contributed by atoms with Gasteiger partial charge in [0.15, 0.2) is 5.82 Å². The predicted molar refractivity (Wildman–Crippen MR) is 159 cm³/mol. The zero-order chi connectivity index (χ0) is 28.9. The minimum atomic E-state index is -0.864. The van der Waals surface area contributed by atoms with Crippen molar-refractivity contribution in [1.29, 1.82) is 0 Å². The van der Waals surface area contributed by atoms with Crippen molar-refractivity contribution in [3.05, 3.63) is 40.8 Å². The van der Waals surface area contributed by atoms with Gasteiger partial charge in [-0.25, -0.2) is 8.78 Å². The fourth-order valence-electron chi connectivity index (χ4n) is 7.02. The van der Waals surface area contributed by atoms with Crippen molar-refractivity contribution in [2.24, 2.45) is 0 Å². The van der Waals surface area contributed by atoms with E-state index in [0.717, 1.165) is 37.8 Å². The molecule has 0 bridgehead atoms. The van der Waals surface area contributed by atoms with Crippen molar-refractivity contribution < 1.29 is 13.5 Å². The van der Waals surface area contributed by atoms with Gasteiger partial charge in [0, 0.05) is 41.8 Å². The van der Waals surface area contributed by atoms with Crippen LogP contribution in [0.2, 0.25) is 5.02 Å². The Bertz CT molecular complexity index is 1450. The van der Waals surface area contributed by atoms with E-state index >= 15 is 4.39 Å². The maximum absolute atomic E-state index is 16.4. The van der Waals surface area contributed by atoms with Crippen LogP contribution in [0.1, 0.15) is 63.9 Å². The van der Waals surface area contributed by atoms with Gasteiger partial charge in [-0.1, -0.05) is 37.6 Å². The van der Waals surface area contributed by atoms with Crippen molar-refractivity contribution in [1.82, 2.24) is 24.8 Å². The molecule has 10 heteroatoms. The number of likely N-dealkylation sites (N-methyl/N-ethyl adjacent to an activating group) is 1. The summed E-state index contributed by atoms with van der Waals surface area (Å²) in [6, 6.07) is 5.55. The van der Waals surface area contributed by atoms with Crippen LogP contribution in [0.4, 0.5) is 14.6 Å². The number of benzene rings is 1. The number of hydrogen-bond donors (Lipinski definition) is 1. The average molecular weight is 585 g/mol. The standard InChI is InChI=1S/C31H39ClF2N6O/c1-19(2)24-21(8-5-9-23(24)32)26-25(34)27-22(15-35-26)28(36-17-30(39(3)4)10-6-11-30)38-29(37-27)41-18-31-12-7-13-40(31)16-20(33)14-31/h5,8-9,15,19-20H,6-7,10-14,16-18H2,1-4H3,(H,36,37,38)/t20-,31?/m1/s1. The van der Waals surface area contributed by atoms with Gasteiger partial charge in [0.2, 0.25) is 0 Å². The van der Waals surface area contributed by atoms with Gasteiger partial charge in [-0.05, 0) is 70.3 Å². The van der Waals surface area contributed by atoms with Gasteiger partial charge in [-0.15, -0.1) is 0 Å². The summed E-state index contributed by atoms with van der Waals surface area (Å²) in [6.45, 7) is 6.27. The first-order chi connectivity index (χ1) is 19.6. The molecule has 1 unspecified atom stereocenters. The van der Waals surface area contributed by atoms with Crippen molar-refractivity contribution in [3.63, 3.8) is 0 Å². The normalized spacial score (nSPS) is 23.8. The second kappa shape index (κ2) is 10.9. The quantitative estimate of drug-likeness (QED) is 0.310. The van der Waals surface area contributed by atoms with E-state index in [2.05, 4.69) is 39.2 Å². The molecule has 0 spiro atoms. The third kappa shape index (κ3) is 5.04. The molecule has 0 amide bonds. The molecule has 1 saturated carbocycles. The highest BCUT2D eigenvalue weighted by atomic mass is 35.5. The van der Waals surface area contributed by atoms with Crippen LogP contribution in [0.25, 0.3) is 22.2 Å². The molecule has 1 aromatic carbocycles. The fourth-order valence-corrected chi connectivity index (χ4v) is 7.41. The van der Waals surface area contributed by atoms with E-state index in [0.29, 0.717) is 41.3 Å². The van der Waals surface area contributed by atoms with Crippen molar-refractivity contribution in [2.45, 2.75) is 75.5 Å². The minimum Gasteiger partial charge on any atom is -0.461 e. The molecule has 2 atom stereocenters. The lowest BCUT2D eigenvalue weighted by Gasteiger charge is -2.47. The lowest BCUT2D eigenvalue weighted by molar-refractivity contribution is 0.0738. The Kier molecular flexibility index (Phi) is 7.57. The van der Waals surface area contributed by atoms with Gasteiger partial charge in [0.05, 0.1) is 10.9 Å². The zero-order valence-electron chi connectivity index (χ0n) is 24.3. The summed E-state index contributed by atoms with van der Waals surface area (Å²) in [6.07, 6.45) is 6.41. The van der Waals surface area contributed by atoms with Crippen LogP contribution in [0.5, 0.6) is 6.01 Å². The molecule has 1 N–H and O–H groups in total. The molecule has 2 aliphatic heterocycles. The summed E-state index contributed by atoms with van der Waals surface area (Å²) in [5.41, 5.74) is 1.47. The Morgan fingerprint density at radius 2 is 2.00 bits per heavy atom. The summed E-state index contributed by atoms with van der Waals surface area (Å²) in [5.74, 6) is 0.0151.